The molecule has 2 aliphatic heterocycles. The monoisotopic (exact) mass is 601 g/mol. The number of rotatable bonds is 7. The highest BCUT2D eigenvalue weighted by Gasteiger charge is 2.57. The first kappa shape index (κ1) is 29.0. The quantitative estimate of drug-likeness (QED) is 0.187. The van der Waals surface area contributed by atoms with E-state index in [0.717, 1.165) is 75.8 Å². The van der Waals surface area contributed by atoms with Crippen LogP contribution in [0.2, 0.25) is 0 Å². The van der Waals surface area contributed by atoms with E-state index in [2.05, 4.69) is 104 Å². The minimum absolute atomic E-state index is 0.688. The van der Waals surface area contributed by atoms with Crippen LogP contribution in [0, 0.1) is 0 Å². The number of anilines is 2. The maximum atomic E-state index is 12.6. The Kier molecular flexibility index (Phi) is 7.06. The van der Waals surface area contributed by atoms with Gasteiger partial charge in [-0.3, -0.25) is 5.43 Å². The number of nitrogens with two attached hydrogens (primary N) is 1. The van der Waals surface area contributed by atoms with Gasteiger partial charge >= 0.3 is 6.03 Å². The van der Waals surface area contributed by atoms with Crippen LogP contribution in [0.25, 0.3) is 21.5 Å². The SMILES string of the molecule is CCN(CC)c1ccc2c3c(ccc2c1)C1(c2ccccc2C(O)N1NC(N)=O)c1ccc2cccc(N(CC)CC)c2c1O3. The van der Waals surface area contributed by atoms with Gasteiger partial charge < -0.3 is 25.4 Å². The molecule has 0 radical (unpaired) electrons. The van der Waals surface area contributed by atoms with Crippen LogP contribution in [0.15, 0.2) is 84.9 Å². The predicted octanol–water partition coefficient (Wildman–Crippen LogP) is 6.97. The zero-order valence-electron chi connectivity index (χ0n) is 26.2. The third kappa shape index (κ3) is 4.09. The Labute approximate surface area is 263 Å². The summed E-state index contributed by atoms with van der Waals surface area (Å²) in [4.78, 5) is 17.3. The Morgan fingerprint density at radius 2 is 1.51 bits per heavy atom. The fourth-order valence-electron chi connectivity index (χ4n) is 7.58. The zero-order chi connectivity index (χ0) is 31.5. The minimum atomic E-state index is -1.15. The number of benzene rings is 5. The molecule has 5 aromatic carbocycles. The van der Waals surface area contributed by atoms with E-state index in [1.54, 1.807) is 5.01 Å². The van der Waals surface area contributed by atoms with Crippen LogP contribution in [0.5, 0.6) is 11.5 Å². The number of carbonyl (C=O) groups excluding carboxylic acids is 1. The van der Waals surface area contributed by atoms with Crippen LogP contribution in [0.4, 0.5) is 16.2 Å². The molecule has 45 heavy (non-hydrogen) atoms. The number of urea groups is 1. The molecule has 0 fully saturated rings. The largest absolute Gasteiger partial charge is 0.455 e. The molecule has 4 N–H and O–H groups in total. The molecule has 8 heteroatoms. The summed E-state index contributed by atoms with van der Waals surface area (Å²) in [7, 11) is 0. The number of amides is 2. The van der Waals surface area contributed by atoms with Crippen LogP contribution < -0.4 is 25.7 Å². The van der Waals surface area contributed by atoms with Gasteiger partial charge in [-0.15, -0.1) is 0 Å². The van der Waals surface area contributed by atoms with Crippen molar-refractivity contribution >= 4 is 39.0 Å². The molecule has 5 aromatic rings. The van der Waals surface area contributed by atoms with Crippen molar-refractivity contribution in [1.82, 2.24) is 10.4 Å². The molecule has 0 saturated carbocycles. The maximum absolute atomic E-state index is 12.6. The lowest BCUT2D eigenvalue weighted by Crippen LogP contribution is -2.56. The summed E-state index contributed by atoms with van der Waals surface area (Å²) in [5, 5.41) is 17.5. The molecular formula is C37H39N5O3. The van der Waals surface area contributed by atoms with E-state index in [1.165, 1.54) is 0 Å². The number of ether oxygens (including phenoxy) is 1. The third-order valence-corrected chi connectivity index (χ3v) is 9.61. The summed E-state index contributed by atoms with van der Waals surface area (Å²) in [5.41, 5.74) is 12.9. The third-order valence-electron chi connectivity index (χ3n) is 9.61. The van der Waals surface area contributed by atoms with E-state index in [9.17, 15) is 9.90 Å². The zero-order valence-corrected chi connectivity index (χ0v) is 26.2. The Morgan fingerprint density at radius 1 is 0.822 bits per heavy atom. The van der Waals surface area contributed by atoms with Gasteiger partial charge in [-0.2, -0.15) is 5.01 Å². The molecular weight excluding hydrogens is 562 g/mol. The number of hydrogen-bond acceptors (Lipinski definition) is 6. The first-order valence-electron chi connectivity index (χ1n) is 15.8. The Morgan fingerprint density at radius 3 is 2.22 bits per heavy atom. The van der Waals surface area contributed by atoms with Crippen molar-refractivity contribution in [3.8, 4) is 11.5 Å². The highest BCUT2D eigenvalue weighted by atomic mass is 16.5. The number of hydrogen-bond donors (Lipinski definition) is 3. The molecule has 0 bridgehead atoms. The molecule has 2 heterocycles. The summed E-state index contributed by atoms with van der Waals surface area (Å²) in [6, 6.07) is 28.2. The number of hydrazine groups is 1. The lowest BCUT2D eigenvalue weighted by molar-refractivity contribution is -0.0527. The summed E-state index contributed by atoms with van der Waals surface area (Å²) in [5.74, 6) is 1.39. The topological polar surface area (TPSA) is 94.3 Å². The van der Waals surface area contributed by atoms with Gasteiger partial charge in [0.05, 0.1) is 0 Å². The van der Waals surface area contributed by atoms with Gasteiger partial charge in [-0.1, -0.05) is 60.7 Å². The first-order chi connectivity index (χ1) is 21.9. The van der Waals surface area contributed by atoms with E-state index in [-0.39, 0.29) is 0 Å². The van der Waals surface area contributed by atoms with E-state index in [0.29, 0.717) is 17.1 Å². The normalized spacial score (nSPS) is 18.4. The molecule has 2 atom stereocenters. The van der Waals surface area contributed by atoms with Crippen LogP contribution >= 0.6 is 0 Å². The van der Waals surface area contributed by atoms with Crippen molar-refractivity contribution < 1.29 is 14.6 Å². The minimum Gasteiger partial charge on any atom is -0.455 e. The molecule has 8 nitrogen and oxygen atoms in total. The molecule has 2 unspecified atom stereocenters. The van der Waals surface area contributed by atoms with Crippen molar-refractivity contribution in [1.29, 1.82) is 0 Å². The van der Waals surface area contributed by atoms with E-state index in [1.807, 2.05) is 24.3 Å². The van der Waals surface area contributed by atoms with Gasteiger partial charge in [-0.05, 0) is 68.3 Å². The number of nitrogens with zero attached hydrogens (tertiary/aromatic N) is 3. The van der Waals surface area contributed by atoms with Gasteiger partial charge in [-0.25, -0.2) is 4.79 Å². The summed E-state index contributed by atoms with van der Waals surface area (Å²) in [6.45, 7) is 12.1. The second-order valence-corrected chi connectivity index (χ2v) is 11.6. The van der Waals surface area contributed by atoms with Gasteiger partial charge in [0.1, 0.15) is 17.0 Å². The number of primary amides is 1. The maximum Gasteiger partial charge on any atom is 0.326 e. The number of aliphatic hydroxyl groups is 1. The standard InChI is InChI=1S/C37H39N5O3/c1-5-40(6-2)25-18-19-26-24(22-25)17-21-29-33(26)45-34-30(20-16-23-12-11-15-31(32(23)34)41(7-3)8-4)37(29)28-14-10-9-13-27(28)35(43)42(37)39-36(38)44/h9-22,35,43H,5-8H2,1-4H3,(H3,38,39,44). The number of fused-ring (bicyclic) bond motifs is 10. The van der Waals surface area contributed by atoms with Gasteiger partial charge in [0.25, 0.3) is 0 Å². The van der Waals surface area contributed by atoms with Crippen molar-refractivity contribution in [2.24, 2.45) is 5.73 Å². The molecule has 2 amide bonds. The van der Waals surface area contributed by atoms with Crippen LogP contribution in [-0.2, 0) is 5.54 Å². The fraction of sp³-hybridized carbons (Fsp3) is 0.270. The average Bonchev–Trinajstić information content (AvgIpc) is 3.29. The lowest BCUT2D eigenvalue weighted by Gasteiger charge is -2.45. The van der Waals surface area contributed by atoms with Crippen LogP contribution in [0.3, 0.4) is 0 Å². The summed E-state index contributed by atoms with van der Waals surface area (Å²) >= 11 is 0. The van der Waals surface area contributed by atoms with Crippen LogP contribution in [-0.4, -0.2) is 42.3 Å². The Hall–Kier alpha value is -4.79. The highest BCUT2D eigenvalue weighted by molar-refractivity contribution is 6.03. The lowest BCUT2D eigenvalue weighted by atomic mass is 9.74. The second-order valence-electron chi connectivity index (χ2n) is 11.6. The predicted molar refractivity (Wildman–Crippen MR) is 181 cm³/mol. The van der Waals surface area contributed by atoms with E-state index < -0.39 is 17.8 Å². The Bertz CT molecular complexity index is 1950. The average molecular weight is 602 g/mol. The Balaban J connectivity index is 1.63. The van der Waals surface area contributed by atoms with Crippen molar-refractivity contribution in [2.75, 3.05) is 36.0 Å². The van der Waals surface area contributed by atoms with Gasteiger partial charge in [0.15, 0.2) is 6.23 Å². The van der Waals surface area contributed by atoms with E-state index >= 15 is 0 Å². The summed E-state index contributed by atoms with van der Waals surface area (Å²) in [6.07, 6.45) is -1.15. The van der Waals surface area contributed by atoms with Crippen molar-refractivity contribution in [2.45, 2.75) is 39.5 Å². The number of nitrogens with one attached hydrogen (secondary N) is 1. The van der Waals surface area contributed by atoms with E-state index in [4.69, 9.17) is 10.5 Å². The van der Waals surface area contributed by atoms with Crippen molar-refractivity contribution in [3.05, 3.63) is 107 Å². The molecule has 0 aliphatic carbocycles. The fourth-order valence-corrected chi connectivity index (χ4v) is 7.58. The number of carbonyl (C=O) groups is 1. The van der Waals surface area contributed by atoms with Crippen LogP contribution in [0.1, 0.15) is 56.2 Å². The molecule has 0 saturated heterocycles. The van der Waals surface area contributed by atoms with Crippen molar-refractivity contribution in [3.63, 3.8) is 0 Å². The smallest absolute Gasteiger partial charge is 0.326 e. The summed E-state index contributed by atoms with van der Waals surface area (Å²) < 4.78 is 7.13. The number of aliphatic hydroxyl groups excluding tert-OH is 1. The molecule has 1 spiro atoms. The second kappa shape index (κ2) is 11.0. The molecule has 2 aliphatic rings. The van der Waals surface area contributed by atoms with Gasteiger partial charge in [0.2, 0.25) is 0 Å². The molecule has 0 aromatic heterocycles. The first-order valence-corrected chi connectivity index (χ1v) is 15.8. The van der Waals surface area contributed by atoms with Gasteiger partial charge in [0, 0.05) is 65.0 Å². The molecule has 7 rings (SSSR count). The molecule has 230 valence electrons. The highest BCUT2D eigenvalue weighted by Crippen LogP contribution is 2.62.